The van der Waals surface area contributed by atoms with Crippen LogP contribution in [0.4, 0.5) is 17.3 Å². The van der Waals surface area contributed by atoms with E-state index in [1.54, 1.807) is 6.33 Å². The van der Waals surface area contributed by atoms with Crippen molar-refractivity contribution >= 4 is 28.9 Å². The normalized spacial score (nSPS) is 10.4. The largest absolute Gasteiger partial charge is 0.370 e. The van der Waals surface area contributed by atoms with Crippen LogP contribution in [0.3, 0.4) is 0 Å². The Balaban J connectivity index is 2.22. The van der Waals surface area contributed by atoms with Gasteiger partial charge in [-0.1, -0.05) is 24.6 Å². The summed E-state index contributed by atoms with van der Waals surface area (Å²) in [6.07, 6.45) is 2.61. The van der Waals surface area contributed by atoms with Crippen molar-refractivity contribution in [3.05, 3.63) is 40.7 Å². The van der Waals surface area contributed by atoms with Gasteiger partial charge >= 0.3 is 0 Å². The summed E-state index contributed by atoms with van der Waals surface area (Å²) in [4.78, 5) is 8.55. The van der Waals surface area contributed by atoms with E-state index in [0.717, 1.165) is 46.4 Å². The molecule has 0 unspecified atom stereocenters. The molecule has 0 aliphatic heterocycles. The SMILES string of the molecule is CCCNc1ncnc(Nc2ccc(C)c(Cl)c2)c1C. The van der Waals surface area contributed by atoms with Gasteiger partial charge in [-0.3, -0.25) is 0 Å². The maximum Gasteiger partial charge on any atom is 0.138 e. The number of aromatic nitrogens is 2. The molecule has 0 aliphatic rings. The highest BCUT2D eigenvalue weighted by atomic mass is 35.5. The number of aryl methyl sites for hydroxylation is 1. The lowest BCUT2D eigenvalue weighted by Gasteiger charge is -2.13. The molecule has 20 heavy (non-hydrogen) atoms. The molecule has 4 nitrogen and oxygen atoms in total. The molecular formula is C15H19ClN4. The number of anilines is 3. The smallest absolute Gasteiger partial charge is 0.138 e. The molecule has 5 heteroatoms. The fraction of sp³-hybridized carbons (Fsp3) is 0.333. The minimum atomic E-state index is 0.742. The first kappa shape index (κ1) is 14.6. The van der Waals surface area contributed by atoms with Gasteiger partial charge < -0.3 is 10.6 Å². The van der Waals surface area contributed by atoms with Crippen LogP contribution in [-0.4, -0.2) is 16.5 Å². The summed E-state index contributed by atoms with van der Waals surface area (Å²) in [5, 5.41) is 7.32. The first-order valence-corrected chi connectivity index (χ1v) is 7.08. The summed E-state index contributed by atoms with van der Waals surface area (Å²) in [6, 6.07) is 5.87. The Morgan fingerprint density at radius 1 is 1.15 bits per heavy atom. The molecular weight excluding hydrogens is 272 g/mol. The van der Waals surface area contributed by atoms with E-state index in [2.05, 4.69) is 27.5 Å². The van der Waals surface area contributed by atoms with E-state index in [1.165, 1.54) is 0 Å². The van der Waals surface area contributed by atoms with Crippen molar-refractivity contribution in [3.63, 3.8) is 0 Å². The summed E-state index contributed by atoms with van der Waals surface area (Å²) < 4.78 is 0. The van der Waals surface area contributed by atoms with Gasteiger partial charge in [0.15, 0.2) is 0 Å². The maximum absolute atomic E-state index is 6.13. The Morgan fingerprint density at radius 2 is 1.90 bits per heavy atom. The highest BCUT2D eigenvalue weighted by Gasteiger charge is 2.07. The number of nitrogens with one attached hydrogen (secondary N) is 2. The van der Waals surface area contributed by atoms with Crippen molar-refractivity contribution in [1.82, 2.24) is 9.97 Å². The van der Waals surface area contributed by atoms with Crippen LogP contribution >= 0.6 is 11.6 Å². The minimum absolute atomic E-state index is 0.742. The van der Waals surface area contributed by atoms with Gasteiger partial charge in [0.25, 0.3) is 0 Å². The molecule has 0 bridgehead atoms. The van der Waals surface area contributed by atoms with Crippen molar-refractivity contribution in [2.75, 3.05) is 17.2 Å². The molecule has 0 saturated heterocycles. The molecule has 1 aromatic heterocycles. The maximum atomic E-state index is 6.13. The van der Waals surface area contributed by atoms with Crippen LogP contribution in [0.2, 0.25) is 5.02 Å². The van der Waals surface area contributed by atoms with Crippen LogP contribution in [0, 0.1) is 13.8 Å². The van der Waals surface area contributed by atoms with Crippen LogP contribution in [0.5, 0.6) is 0 Å². The highest BCUT2D eigenvalue weighted by molar-refractivity contribution is 6.31. The third-order valence-electron chi connectivity index (χ3n) is 3.06. The number of halogens is 1. The lowest BCUT2D eigenvalue weighted by molar-refractivity contribution is 0.960. The highest BCUT2D eigenvalue weighted by Crippen LogP contribution is 2.25. The quantitative estimate of drug-likeness (QED) is 0.861. The Morgan fingerprint density at radius 3 is 2.60 bits per heavy atom. The molecule has 0 aliphatic carbocycles. The van der Waals surface area contributed by atoms with E-state index >= 15 is 0 Å². The predicted molar refractivity (Wildman–Crippen MR) is 85.0 cm³/mol. The molecule has 0 spiro atoms. The van der Waals surface area contributed by atoms with Crippen LogP contribution in [0.15, 0.2) is 24.5 Å². The first-order valence-electron chi connectivity index (χ1n) is 6.70. The topological polar surface area (TPSA) is 49.8 Å². The number of rotatable bonds is 5. The fourth-order valence-corrected chi connectivity index (χ4v) is 1.99. The fourth-order valence-electron chi connectivity index (χ4n) is 1.81. The van der Waals surface area contributed by atoms with Gasteiger partial charge in [-0.15, -0.1) is 0 Å². The number of nitrogens with zero attached hydrogens (tertiary/aromatic N) is 2. The van der Waals surface area contributed by atoms with Crippen molar-refractivity contribution < 1.29 is 0 Å². The van der Waals surface area contributed by atoms with Gasteiger partial charge in [-0.25, -0.2) is 9.97 Å². The van der Waals surface area contributed by atoms with Crippen molar-refractivity contribution in [2.45, 2.75) is 27.2 Å². The van der Waals surface area contributed by atoms with Gasteiger partial charge in [0.2, 0.25) is 0 Å². The van der Waals surface area contributed by atoms with E-state index in [0.29, 0.717) is 0 Å². The molecule has 0 atom stereocenters. The lowest BCUT2D eigenvalue weighted by atomic mass is 10.2. The number of hydrogen-bond acceptors (Lipinski definition) is 4. The van der Waals surface area contributed by atoms with E-state index in [1.807, 2.05) is 32.0 Å². The van der Waals surface area contributed by atoms with Crippen molar-refractivity contribution in [1.29, 1.82) is 0 Å². The molecule has 1 aromatic carbocycles. The van der Waals surface area contributed by atoms with Crippen LogP contribution in [0.25, 0.3) is 0 Å². The van der Waals surface area contributed by atoms with Gasteiger partial charge in [-0.2, -0.15) is 0 Å². The third-order valence-corrected chi connectivity index (χ3v) is 3.47. The second kappa shape index (κ2) is 6.57. The number of benzene rings is 1. The average Bonchev–Trinajstić information content (AvgIpc) is 2.44. The summed E-state index contributed by atoms with van der Waals surface area (Å²) in [7, 11) is 0. The predicted octanol–water partition coefficient (Wildman–Crippen LogP) is 4.31. The van der Waals surface area contributed by atoms with Crippen molar-refractivity contribution in [3.8, 4) is 0 Å². The molecule has 0 fully saturated rings. The molecule has 0 amide bonds. The van der Waals surface area contributed by atoms with E-state index in [9.17, 15) is 0 Å². The van der Waals surface area contributed by atoms with Gasteiger partial charge in [0, 0.05) is 22.8 Å². The molecule has 2 rings (SSSR count). The first-order chi connectivity index (χ1) is 9.61. The molecule has 106 valence electrons. The molecule has 0 saturated carbocycles. The molecule has 2 N–H and O–H groups in total. The van der Waals surface area contributed by atoms with Crippen LogP contribution in [-0.2, 0) is 0 Å². The summed E-state index contributed by atoms with van der Waals surface area (Å²) in [5.41, 5.74) is 2.98. The van der Waals surface area contributed by atoms with Gasteiger partial charge in [0.1, 0.15) is 18.0 Å². The molecule has 2 aromatic rings. The second-order valence-corrected chi connectivity index (χ2v) is 5.12. The Hall–Kier alpha value is -1.81. The second-order valence-electron chi connectivity index (χ2n) is 4.71. The Bertz CT molecular complexity index is 598. The van der Waals surface area contributed by atoms with Gasteiger partial charge in [0.05, 0.1) is 0 Å². The lowest BCUT2D eigenvalue weighted by Crippen LogP contribution is -2.06. The van der Waals surface area contributed by atoms with E-state index in [-0.39, 0.29) is 0 Å². The van der Waals surface area contributed by atoms with Gasteiger partial charge in [-0.05, 0) is 38.0 Å². The van der Waals surface area contributed by atoms with Crippen LogP contribution in [0.1, 0.15) is 24.5 Å². The van der Waals surface area contributed by atoms with E-state index in [4.69, 9.17) is 11.6 Å². The monoisotopic (exact) mass is 290 g/mol. The zero-order chi connectivity index (χ0) is 14.5. The van der Waals surface area contributed by atoms with Crippen LogP contribution < -0.4 is 10.6 Å². The zero-order valence-electron chi connectivity index (χ0n) is 12.0. The standard InChI is InChI=1S/C15H19ClN4/c1-4-7-17-14-11(3)15(19-9-18-14)20-12-6-5-10(2)13(16)8-12/h5-6,8-9H,4,7H2,1-3H3,(H2,17,18,19,20). The molecule has 1 heterocycles. The Labute approximate surface area is 124 Å². The Kier molecular flexibility index (Phi) is 4.79. The summed E-state index contributed by atoms with van der Waals surface area (Å²) in [6.45, 7) is 7.00. The van der Waals surface area contributed by atoms with Crippen molar-refractivity contribution in [2.24, 2.45) is 0 Å². The zero-order valence-corrected chi connectivity index (χ0v) is 12.8. The third kappa shape index (κ3) is 3.39. The molecule has 0 radical (unpaired) electrons. The summed E-state index contributed by atoms with van der Waals surface area (Å²) in [5.74, 6) is 1.65. The minimum Gasteiger partial charge on any atom is -0.370 e. The number of hydrogen-bond donors (Lipinski definition) is 2. The summed E-state index contributed by atoms with van der Waals surface area (Å²) >= 11 is 6.13. The average molecular weight is 291 g/mol. The van der Waals surface area contributed by atoms with E-state index < -0.39 is 0 Å².